The van der Waals surface area contributed by atoms with Gasteiger partial charge in [0, 0.05) is 43.3 Å². The van der Waals surface area contributed by atoms with Crippen LogP contribution in [0.2, 0.25) is 5.02 Å². The number of carbonyl (C=O) groups is 2. The van der Waals surface area contributed by atoms with Gasteiger partial charge in [-0.15, -0.1) is 0 Å². The van der Waals surface area contributed by atoms with Gasteiger partial charge in [0.15, 0.2) is 16.4 Å². The smallest absolute Gasteiger partial charge is 0.306 e. The molecule has 27 heavy (non-hydrogen) atoms. The summed E-state index contributed by atoms with van der Waals surface area (Å²) >= 11 is 6.02. The van der Waals surface area contributed by atoms with Crippen LogP contribution in [0.5, 0.6) is 0 Å². The van der Waals surface area contributed by atoms with Crippen molar-refractivity contribution in [1.82, 2.24) is 4.90 Å². The molecule has 1 aromatic carbocycles. The largest absolute Gasteiger partial charge is 0.456 e. The topological polar surface area (TPSA) is 84.0 Å². The summed E-state index contributed by atoms with van der Waals surface area (Å²) in [4.78, 5) is 27.9. The van der Waals surface area contributed by atoms with E-state index in [-0.39, 0.29) is 36.4 Å². The van der Waals surface area contributed by atoms with Crippen molar-refractivity contribution in [3.63, 3.8) is 0 Å². The number of esters is 1. The van der Waals surface area contributed by atoms with Crippen molar-refractivity contribution in [2.45, 2.75) is 12.8 Å². The number of hydrogen-bond acceptors (Lipinski definition) is 6. The molecule has 0 bridgehead atoms. The van der Waals surface area contributed by atoms with Crippen LogP contribution >= 0.6 is 11.6 Å². The Morgan fingerprint density at radius 1 is 1.19 bits per heavy atom. The molecule has 1 amide bonds. The van der Waals surface area contributed by atoms with E-state index in [1.165, 1.54) is 0 Å². The summed E-state index contributed by atoms with van der Waals surface area (Å²) in [6.07, 6.45) is 0.534. The average molecular weight is 415 g/mol. The molecular formula is C18H23ClN2O5S. The van der Waals surface area contributed by atoms with Gasteiger partial charge in [0.1, 0.15) is 0 Å². The van der Waals surface area contributed by atoms with E-state index in [9.17, 15) is 18.0 Å². The van der Waals surface area contributed by atoms with Gasteiger partial charge in [-0.3, -0.25) is 9.59 Å². The molecule has 3 rings (SSSR count). The molecule has 0 radical (unpaired) electrons. The molecular weight excluding hydrogens is 392 g/mol. The first-order valence-corrected chi connectivity index (χ1v) is 11.2. The second kappa shape index (κ2) is 8.48. The minimum absolute atomic E-state index is 0.0293. The Morgan fingerprint density at radius 3 is 2.56 bits per heavy atom. The van der Waals surface area contributed by atoms with Gasteiger partial charge in [-0.05, 0) is 30.5 Å². The summed E-state index contributed by atoms with van der Waals surface area (Å²) in [5.41, 5.74) is 1.02. The van der Waals surface area contributed by atoms with Crippen molar-refractivity contribution in [2.24, 2.45) is 5.92 Å². The third-order valence-corrected chi connectivity index (χ3v) is 7.02. The van der Waals surface area contributed by atoms with Crippen molar-refractivity contribution >= 4 is 39.0 Å². The zero-order valence-electron chi connectivity index (χ0n) is 15.0. The van der Waals surface area contributed by atoms with Crippen molar-refractivity contribution < 1.29 is 22.7 Å². The van der Waals surface area contributed by atoms with Crippen LogP contribution in [0, 0.1) is 5.92 Å². The Hall–Kier alpha value is -1.80. The maximum atomic E-state index is 12.3. The van der Waals surface area contributed by atoms with Crippen LogP contribution in [0.3, 0.4) is 0 Å². The first-order valence-electron chi connectivity index (χ1n) is 8.97. The van der Waals surface area contributed by atoms with Crippen molar-refractivity contribution in [3.05, 3.63) is 29.3 Å². The lowest BCUT2D eigenvalue weighted by Crippen LogP contribution is -2.49. The Labute approximate surface area is 164 Å². The molecule has 2 aliphatic rings. The Kier molecular flexibility index (Phi) is 6.26. The lowest BCUT2D eigenvalue weighted by atomic mass is 10.1. The van der Waals surface area contributed by atoms with Gasteiger partial charge < -0.3 is 14.5 Å². The highest BCUT2D eigenvalue weighted by atomic mass is 35.5. The van der Waals surface area contributed by atoms with E-state index in [0.29, 0.717) is 37.6 Å². The number of nitrogens with zero attached hydrogens (tertiary/aromatic N) is 2. The second-order valence-corrected chi connectivity index (χ2v) is 9.65. The number of anilines is 1. The standard InChI is InChI=1S/C18H23ClN2O5S/c19-15-2-1-3-16(11-15)20-5-7-21(8-6-20)17(22)12-26-18(23)10-14-4-9-27(24,25)13-14/h1-3,11,14H,4-10,12-13H2/t14-/m1/s1. The zero-order chi connectivity index (χ0) is 19.4. The number of amides is 1. The summed E-state index contributed by atoms with van der Waals surface area (Å²) in [5.74, 6) is -0.780. The molecule has 2 aliphatic heterocycles. The number of sulfone groups is 1. The van der Waals surface area contributed by atoms with E-state index >= 15 is 0 Å². The van der Waals surface area contributed by atoms with Gasteiger partial charge in [0.25, 0.3) is 5.91 Å². The first-order chi connectivity index (χ1) is 12.8. The molecule has 2 heterocycles. The Bertz CT molecular complexity index is 806. The van der Waals surface area contributed by atoms with Crippen LogP contribution in [0.25, 0.3) is 0 Å². The molecule has 1 atom stereocenters. The van der Waals surface area contributed by atoms with E-state index in [1.807, 2.05) is 24.3 Å². The maximum absolute atomic E-state index is 12.3. The van der Waals surface area contributed by atoms with Crippen LogP contribution in [0.1, 0.15) is 12.8 Å². The number of halogens is 1. The van der Waals surface area contributed by atoms with Gasteiger partial charge in [-0.2, -0.15) is 0 Å². The Balaban J connectivity index is 1.40. The number of hydrogen-bond donors (Lipinski definition) is 0. The summed E-state index contributed by atoms with van der Waals surface area (Å²) in [7, 11) is -3.02. The molecule has 0 N–H and O–H groups in total. The third-order valence-electron chi connectivity index (χ3n) is 4.94. The fourth-order valence-electron chi connectivity index (χ4n) is 3.45. The van der Waals surface area contributed by atoms with E-state index in [4.69, 9.17) is 16.3 Å². The number of rotatable bonds is 5. The minimum atomic E-state index is -3.02. The molecule has 0 aliphatic carbocycles. The fraction of sp³-hybridized carbons (Fsp3) is 0.556. The van der Waals surface area contributed by atoms with Gasteiger partial charge >= 0.3 is 5.97 Å². The summed E-state index contributed by atoms with van der Waals surface area (Å²) < 4.78 is 27.9. The molecule has 2 saturated heterocycles. The molecule has 0 aromatic heterocycles. The molecule has 0 spiro atoms. The van der Waals surface area contributed by atoms with Crippen molar-refractivity contribution in [1.29, 1.82) is 0 Å². The number of benzene rings is 1. The van der Waals surface area contributed by atoms with E-state index in [0.717, 1.165) is 5.69 Å². The van der Waals surface area contributed by atoms with Crippen LogP contribution in [0.15, 0.2) is 24.3 Å². The number of piperazine rings is 1. The third kappa shape index (κ3) is 5.59. The van der Waals surface area contributed by atoms with E-state index in [2.05, 4.69) is 4.90 Å². The summed E-state index contributed by atoms with van der Waals surface area (Å²) in [6, 6.07) is 7.59. The number of ether oxygens (including phenoxy) is 1. The van der Waals surface area contributed by atoms with Crippen LogP contribution < -0.4 is 4.90 Å². The molecule has 0 saturated carbocycles. The van der Waals surface area contributed by atoms with Crippen LogP contribution in [-0.2, 0) is 24.2 Å². The highest BCUT2D eigenvalue weighted by molar-refractivity contribution is 7.91. The van der Waals surface area contributed by atoms with Crippen molar-refractivity contribution in [2.75, 3.05) is 49.2 Å². The number of carbonyl (C=O) groups excluding carboxylic acids is 2. The van der Waals surface area contributed by atoms with E-state index in [1.54, 1.807) is 4.90 Å². The predicted molar refractivity (Wildman–Crippen MR) is 103 cm³/mol. The molecule has 2 fully saturated rings. The fourth-order valence-corrected chi connectivity index (χ4v) is 5.49. The van der Waals surface area contributed by atoms with Gasteiger partial charge in [0.05, 0.1) is 11.5 Å². The summed E-state index contributed by atoms with van der Waals surface area (Å²) in [6.45, 7) is 2.16. The second-order valence-electron chi connectivity index (χ2n) is 6.98. The highest BCUT2D eigenvalue weighted by Gasteiger charge is 2.30. The average Bonchev–Trinajstić information content (AvgIpc) is 2.98. The molecule has 0 unspecified atom stereocenters. The lowest BCUT2D eigenvalue weighted by Gasteiger charge is -2.36. The SMILES string of the molecule is O=C(C[C@H]1CCS(=O)(=O)C1)OCC(=O)N1CCN(c2cccc(Cl)c2)CC1. The molecule has 148 valence electrons. The summed E-state index contributed by atoms with van der Waals surface area (Å²) in [5, 5.41) is 0.674. The van der Waals surface area contributed by atoms with E-state index < -0.39 is 15.8 Å². The molecule has 1 aromatic rings. The van der Waals surface area contributed by atoms with Gasteiger partial charge in [-0.1, -0.05) is 17.7 Å². The van der Waals surface area contributed by atoms with Gasteiger partial charge in [-0.25, -0.2) is 8.42 Å². The molecule has 7 nitrogen and oxygen atoms in total. The van der Waals surface area contributed by atoms with Gasteiger partial charge in [0.2, 0.25) is 0 Å². The Morgan fingerprint density at radius 2 is 1.93 bits per heavy atom. The minimum Gasteiger partial charge on any atom is -0.456 e. The highest BCUT2D eigenvalue weighted by Crippen LogP contribution is 2.22. The van der Waals surface area contributed by atoms with Crippen LogP contribution in [-0.4, -0.2) is 69.5 Å². The lowest BCUT2D eigenvalue weighted by molar-refractivity contribution is -0.152. The maximum Gasteiger partial charge on any atom is 0.306 e. The molecule has 9 heteroatoms. The quantitative estimate of drug-likeness (QED) is 0.676. The predicted octanol–water partition coefficient (Wildman–Crippen LogP) is 1.36. The monoisotopic (exact) mass is 414 g/mol. The zero-order valence-corrected chi connectivity index (χ0v) is 16.5. The first kappa shape index (κ1) is 19.9. The van der Waals surface area contributed by atoms with Crippen molar-refractivity contribution in [3.8, 4) is 0 Å². The van der Waals surface area contributed by atoms with Crippen LogP contribution in [0.4, 0.5) is 5.69 Å². The normalized spacial score (nSPS) is 21.9.